The van der Waals surface area contributed by atoms with Gasteiger partial charge in [-0.1, -0.05) is 0 Å². The number of rotatable bonds is 1. The van der Waals surface area contributed by atoms with Crippen LogP contribution >= 0.6 is 8.53 Å². The molecule has 0 unspecified atom stereocenters. The summed E-state index contributed by atoms with van der Waals surface area (Å²) >= 11 is 0. The Balaban J connectivity index is 2.12. The van der Waals surface area contributed by atoms with E-state index in [1.165, 1.54) is 6.33 Å². The highest BCUT2D eigenvalue weighted by atomic mass is 31.2. The van der Waals surface area contributed by atoms with Crippen LogP contribution in [0, 0.1) is 0 Å². The lowest BCUT2D eigenvalue weighted by atomic mass is 10.8. The van der Waals surface area contributed by atoms with E-state index in [-0.39, 0.29) is 0 Å². The molecule has 0 saturated carbocycles. The highest BCUT2D eigenvalue weighted by Crippen LogP contribution is 2.42. The number of hydrogen-bond donors (Lipinski definition) is 0. The molecule has 0 aliphatic carbocycles. The Bertz CT molecular complexity index is 196. The van der Waals surface area contributed by atoms with Gasteiger partial charge >= 0.3 is 8.53 Å². The topological polar surface area (TPSA) is 49.2 Å². The van der Waals surface area contributed by atoms with Crippen LogP contribution < -0.4 is 0 Å². The fourth-order valence-corrected chi connectivity index (χ4v) is 1.72. The predicted molar refractivity (Wildman–Crippen MR) is 34.2 cm³/mol. The van der Waals surface area contributed by atoms with Gasteiger partial charge in [-0.3, -0.25) is 0 Å². The molecule has 0 atom stereocenters. The molecule has 1 saturated heterocycles. The second-order valence-electron chi connectivity index (χ2n) is 1.72. The molecule has 5 nitrogen and oxygen atoms in total. The van der Waals surface area contributed by atoms with E-state index in [1.54, 1.807) is 10.8 Å². The van der Waals surface area contributed by atoms with Crippen molar-refractivity contribution in [2.45, 2.75) is 0 Å². The molecule has 0 N–H and O–H groups in total. The summed E-state index contributed by atoms with van der Waals surface area (Å²) in [4.78, 5) is 3.77. The molecular weight excluding hydrogens is 153 g/mol. The van der Waals surface area contributed by atoms with Crippen LogP contribution in [0.25, 0.3) is 0 Å². The van der Waals surface area contributed by atoms with Crippen molar-refractivity contribution < 1.29 is 9.05 Å². The van der Waals surface area contributed by atoms with Gasteiger partial charge in [-0.25, -0.2) is 4.98 Å². The number of nitrogens with zero attached hydrogens (tertiary/aromatic N) is 3. The van der Waals surface area contributed by atoms with Gasteiger partial charge < -0.3 is 9.05 Å². The second kappa shape index (κ2) is 2.62. The van der Waals surface area contributed by atoms with Crippen molar-refractivity contribution in [3.8, 4) is 0 Å². The lowest BCUT2D eigenvalue weighted by Crippen LogP contribution is -1.90. The first-order chi connectivity index (χ1) is 4.97. The fraction of sp³-hybridized carbons (Fsp3) is 0.500. The normalized spacial score (nSPS) is 20.0. The summed E-state index contributed by atoms with van der Waals surface area (Å²) in [5, 5.41) is 3.88. The summed E-state index contributed by atoms with van der Waals surface area (Å²) in [6, 6.07) is 0. The SMILES string of the molecule is c1ncn(P2OCCO2)n1. The molecule has 1 aliphatic rings. The second-order valence-corrected chi connectivity index (χ2v) is 3.12. The average Bonchev–Trinajstić information content (AvgIpc) is 2.59. The Kier molecular flexibility index (Phi) is 1.63. The van der Waals surface area contributed by atoms with E-state index < -0.39 is 8.53 Å². The summed E-state index contributed by atoms with van der Waals surface area (Å²) in [5.41, 5.74) is 0. The molecular formula is C4H6N3O2P. The first kappa shape index (κ1) is 6.22. The monoisotopic (exact) mass is 159 g/mol. The summed E-state index contributed by atoms with van der Waals surface area (Å²) in [6.07, 6.45) is 3.06. The third kappa shape index (κ3) is 1.03. The van der Waals surface area contributed by atoms with Gasteiger partial charge in [0.2, 0.25) is 0 Å². The molecule has 10 heavy (non-hydrogen) atoms. The molecule has 0 radical (unpaired) electrons. The van der Waals surface area contributed by atoms with E-state index in [9.17, 15) is 0 Å². The first-order valence-corrected chi connectivity index (χ1v) is 4.01. The van der Waals surface area contributed by atoms with Crippen molar-refractivity contribution in [3.05, 3.63) is 12.7 Å². The molecule has 6 heteroatoms. The summed E-state index contributed by atoms with van der Waals surface area (Å²) in [5.74, 6) is 0. The minimum atomic E-state index is -0.960. The molecule has 1 aliphatic heterocycles. The van der Waals surface area contributed by atoms with Gasteiger partial charge in [0, 0.05) is 0 Å². The molecule has 0 amide bonds. The smallest absolute Gasteiger partial charge is 0.313 e. The third-order valence-electron chi connectivity index (χ3n) is 1.06. The minimum absolute atomic E-state index is 0.658. The Labute approximate surface area is 58.9 Å². The molecule has 0 bridgehead atoms. The van der Waals surface area contributed by atoms with Gasteiger partial charge in [-0.15, -0.1) is 0 Å². The van der Waals surface area contributed by atoms with Crippen LogP contribution in [0.15, 0.2) is 12.7 Å². The summed E-state index contributed by atoms with van der Waals surface area (Å²) in [7, 11) is -0.960. The van der Waals surface area contributed by atoms with E-state index in [4.69, 9.17) is 9.05 Å². The number of aromatic nitrogens is 3. The van der Waals surface area contributed by atoms with Crippen LogP contribution in [0.1, 0.15) is 0 Å². The third-order valence-corrected chi connectivity index (χ3v) is 2.41. The Morgan fingerprint density at radius 1 is 1.40 bits per heavy atom. The lowest BCUT2D eigenvalue weighted by Gasteiger charge is -2.03. The number of hydrogen-bond acceptors (Lipinski definition) is 4. The van der Waals surface area contributed by atoms with Crippen molar-refractivity contribution in [3.63, 3.8) is 0 Å². The van der Waals surface area contributed by atoms with Crippen LogP contribution in [-0.2, 0) is 9.05 Å². The fourth-order valence-electron chi connectivity index (χ4n) is 0.673. The Morgan fingerprint density at radius 3 is 2.80 bits per heavy atom. The van der Waals surface area contributed by atoms with Crippen LogP contribution in [0.2, 0.25) is 0 Å². The largest absolute Gasteiger partial charge is 0.314 e. The van der Waals surface area contributed by atoms with Gasteiger partial charge in [0.15, 0.2) is 0 Å². The van der Waals surface area contributed by atoms with E-state index in [1.807, 2.05) is 0 Å². The van der Waals surface area contributed by atoms with Crippen LogP contribution in [0.5, 0.6) is 0 Å². The maximum absolute atomic E-state index is 5.20. The van der Waals surface area contributed by atoms with E-state index >= 15 is 0 Å². The molecule has 2 heterocycles. The highest BCUT2D eigenvalue weighted by molar-refractivity contribution is 7.45. The molecule has 1 aromatic heterocycles. The van der Waals surface area contributed by atoms with Crippen LogP contribution in [0.4, 0.5) is 0 Å². The summed E-state index contributed by atoms with van der Waals surface area (Å²) < 4.78 is 12.0. The first-order valence-electron chi connectivity index (χ1n) is 2.88. The molecule has 54 valence electrons. The Morgan fingerprint density at radius 2 is 2.20 bits per heavy atom. The maximum atomic E-state index is 5.20. The molecule has 0 spiro atoms. The molecule has 1 fully saturated rings. The lowest BCUT2D eigenvalue weighted by molar-refractivity contribution is 0.365. The van der Waals surface area contributed by atoms with E-state index in [2.05, 4.69) is 10.1 Å². The van der Waals surface area contributed by atoms with Crippen molar-refractivity contribution in [1.29, 1.82) is 0 Å². The standard InChI is InChI=1S/C4H6N3O2P/c1-2-9-10(8-1)7-4-5-3-6-7/h3-4H,1-2H2. The summed E-state index contributed by atoms with van der Waals surface area (Å²) in [6.45, 7) is 1.32. The van der Waals surface area contributed by atoms with Gasteiger partial charge in [0.05, 0.1) is 13.2 Å². The average molecular weight is 159 g/mol. The van der Waals surface area contributed by atoms with Crippen LogP contribution in [0.3, 0.4) is 0 Å². The van der Waals surface area contributed by atoms with Gasteiger partial charge in [-0.2, -0.15) is 9.55 Å². The zero-order valence-corrected chi connectivity index (χ0v) is 6.07. The van der Waals surface area contributed by atoms with Crippen molar-refractivity contribution in [2.75, 3.05) is 13.2 Å². The van der Waals surface area contributed by atoms with E-state index in [0.717, 1.165) is 0 Å². The molecule has 1 aromatic rings. The maximum Gasteiger partial charge on any atom is 0.313 e. The van der Waals surface area contributed by atoms with Crippen LogP contribution in [-0.4, -0.2) is 27.7 Å². The molecule has 0 aromatic carbocycles. The van der Waals surface area contributed by atoms with Gasteiger partial charge in [0.1, 0.15) is 12.7 Å². The van der Waals surface area contributed by atoms with Gasteiger partial charge in [-0.05, 0) is 0 Å². The molecule has 2 rings (SSSR count). The van der Waals surface area contributed by atoms with E-state index in [0.29, 0.717) is 13.2 Å². The van der Waals surface area contributed by atoms with Gasteiger partial charge in [0.25, 0.3) is 0 Å². The minimum Gasteiger partial charge on any atom is -0.314 e. The predicted octanol–water partition coefficient (Wildman–Crippen LogP) is 0.400. The quantitative estimate of drug-likeness (QED) is 0.556. The van der Waals surface area contributed by atoms with Crippen molar-refractivity contribution in [1.82, 2.24) is 14.5 Å². The highest BCUT2D eigenvalue weighted by Gasteiger charge is 2.19. The van der Waals surface area contributed by atoms with Crippen molar-refractivity contribution >= 4 is 8.53 Å². The Hall–Kier alpha value is -0.510. The zero-order valence-electron chi connectivity index (χ0n) is 5.17. The van der Waals surface area contributed by atoms with Crippen molar-refractivity contribution in [2.24, 2.45) is 0 Å². The zero-order chi connectivity index (χ0) is 6.81.